The van der Waals surface area contributed by atoms with Gasteiger partial charge in [0, 0.05) is 5.57 Å². The van der Waals surface area contributed by atoms with Crippen LogP contribution in [0.4, 0.5) is 0 Å². The molecule has 0 aromatic carbocycles. The molecule has 0 aliphatic carbocycles. The second-order valence-corrected chi connectivity index (χ2v) is 4.88. The van der Waals surface area contributed by atoms with Crippen LogP contribution >= 0.6 is 0 Å². The summed E-state index contributed by atoms with van der Waals surface area (Å²) in [7, 11) is 0. The standard InChI is InChI=1S/C11H18O3/c1-10(2)11(3,4)14-9(13-10)8-5-6-12-7-8/h5,9H,6-7H2,1-4H3. The van der Waals surface area contributed by atoms with Crippen molar-refractivity contribution in [3.05, 3.63) is 11.6 Å². The highest BCUT2D eigenvalue weighted by Crippen LogP contribution is 2.40. The molecule has 0 saturated carbocycles. The second-order valence-electron chi connectivity index (χ2n) is 4.88. The van der Waals surface area contributed by atoms with Crippen molar-refractivity contribution in [2.24, 2.45) is 0 Å². The van der Waals surface area contributed by atoms with Crippen molar-refractivity contribution < 1.29 is 14.2 Å². The zero-order valence-corrected chi connectivity index (χ0v) is 9.29. The number of hydrogen-bond donors (Lipinski definition) is 0. The first-order chi connectivity index (χ1) is 6.42. The van der Waals surface area contributed by atoms with Crippen molar-refractivity contribution in [2.75, 3.05) is 13.2 Å². The van der Waals surface area contributed by atoms with Gasteiger partial charge in [-0.25, -0.2) is 0 Å². The van der Waals surface area contributed by atoms with Gasteiger partial charge in [-0.3, -0.25) is 0 Å². The fraction of sp³-hybridized carbons (Fsp3) is 0.818. The topological polar surface area (TPSA) is 27.7 Å². The van der Waals surface area contributed by atoms with Crippen LogP contribution in [-0.2, 0) is 14.2 Å². The van der Waals surface area contributed by atoms with E-state index in [-0.39, 0.29) is 17.5 Å². The Morgan fingerprint density at radius 2 is 1.71 bits per heavy atom. The maximum atomic E-state index is 5.88. The summed E-state index contributed by atoms with van der Waals surface area (Å²) in [4.78, 5) is 0. The lowest BCUT2D eigenvalue weighted by Crippen LogP contribution is -2.41. The quantitative estimate of drug-likeness (QED) is 0.602. The van der Waals surface area contributed by atoms with Gasteiger partial charge >= 0.3 is 0 Å². The molecule has 3 nitrogen and oxygen atoms in total. The predicted molar refractivity (Wildman–Crippen MR) is 53.0 cm³/mol. The van der Waals surface area contributed by atoms with Crippen LogP contribution in [0.3, 0.4) is 0 Å². The Labute approximate surface area is 85.0 Å². The van der Waals surface area contributed by atoms with Crippen molar-refractivity contribution in [3.8, 4) is 0 Å². The largest absolute Gasteiger partial charge is 0.373 e. The monoisotopic (exact) mass is 198 g/mol. The van der Waals surface area contributed by atoms with Crippen molar-refractivity contribution in [1.82, 2.24) is 0 Å². The summed E-state index contributed by atoms with van der Waals surface area (Å²) in [6, 6.07) is 0. The fourth-order valence-corrected chi connectivity index (χ4v) is 1.56. The van der Waals surface area contributed by atoms with E-state index < -0.39 is 0 Å². The smallest absolute Gasteiger partial charge is 0.183 e. The summed E-state index contributed by atoms with van der Waals surface area (Å²) in [5, 5.41) is 0. The molecule has 0 aromatic rings. The highest BCUT2D eigenvalue weighted by molar-refractivity contribution is 5.14. The molecule has 2 heterocycles. The van der Waals surface area contributed by atoms with Gasteiger partial charge in [-0.1, -0.05) is 6.08 Å². The minimum Gasteiger partial charge on any atom is -0.373 e. The van der Waals surface area contributed by atoms with E-state index in [4.69, 9.17) is 14.2 Å². The van der Waals surface area contributed by atoms with Gasteiger partial charge in [0.2, 0.25) is 0 Å². The third-order valence-corrected chi connectivity index (χ3v) is 3.29. The van der Waals surface area contributed by atoms with Crippen LogP contribution in [0.1, 0.15) is 27.7 Å². The van der Waals surface area contributed by atoms with Crippen LogP contribution in [0.5, 0.6) is 0 Å². The molecule has 0 radical (unpaired) electrons. The van der Waals surface area contributed by atoms with E-state index in [1.807, 2.05) is 6.08 Å². The molecule has 1 saturated heterocycles. The summed E-state index contributed by atoms with van der Waals surface area (Å²) in [5.74, 6) is 0. The van der Waals surface area contributed by atoms with Gasteiger partial charge in [0.25, 0.3) is 0 Å². The summed E-state index contributed by atoms with van der Waals surface area (Å²) < 4.78 is 17.0. The molecule has 14 heavy (non-hydrogen) atoms. The zero-order valence-electron chi connectivity index (χ0n) is 9.29. The van der Waals surface area contributed by atoms with Crippen LogP contribution < -0.4 is 0 Å². The molecule has 2 aliphatic heterocycles. The first kappa shape index (κ1) is 10.1. The Kier molecular flexibility index (Phi) is 2.21. The van der Waals surface area contributed by atoms with Crippen LogP contribution in [0.2, 0.25) is 0 Å². The van der Waals surface area contributed by atoms with Crippen molar-refractivity contribution in [3.63, 3.8) is 0 Å². The summed E-state index contributed by atoms with van der Waals surface area (Å²) >= 11 is 0. The maximum Gasteiger partial charge on any atom is 0.183 e. The normalized spacial score (nSPS) is 30.7. The van der Waals surface area contributed by atoms with Gasteiger partial charge in [-0.2, -0.15) is 0 Å². The Bertz CT molecular complexity index is 250. The Hall–Kier alpha value is -0.380. The highest BCUT2D eigenvalue weighted by atomic mass is 16.7. The van der Waals surface area contributed by atoms with Gasteiger partial charge in [0.05, 0.1) is 24.4 Å². The summed E-state index contributed by atoms with van der Waals surface area (Å²) in [5.41, 5.74) is 0.617. The first-order valence-corrected chi connectivity index (χ1v) is 5.05. The minimum atomic E-state index is -0.249. The SMILES string of the molecule is CC1(C)OC(C2=CCOC2)OC1(C)C. The molecule has 0 bridgehead atoms. The fourth-order valence-electron chi connectivity index (χ4n) is 1.56. The van der Waals surface area contributed by atoms with Gasteiger partial charge in [-0.15, -0.1) is 0 Å². The van der Waals surface area contributed by atoms with Gasteiger partial charge in [-0.05, 0) is 27.7 Å². The van der Waals surface area contributed by atoms with Gasteiger partial charge in [0.1, 0.15) is 0 Å². The van der Waals surface area contributed by atoms with Crippen LogP contribution in [0, 0.1) is 0 Å². The lowest BCUT2D eigenvalue weighted by Gasteiger charge is -2.30. The molecule has 3 heteroatoms. The molecule has 1 fully saturated rings. The van der Waals surface area contributed by atoms with Crippen molar-refractivity contribution in [2.45, 2.75) is 45.2 Å². The van der Waals surface area contributed by atoms with E-state index in [1.54, 1.807) is 0 Å². The van der Waals surface area contributed by atoms with Gasteiger partial charge in [0.15, 0.2) is 6.29 Å². The molecule has 0 unspecified atom stereocenters. The van der Waals surface area contributed by atoms with Crippen molar-refractivity contribution >= 4 is 0 Å². The summed E-state index contributed by atoms with van der Waals surface area (Å²) in [6.45, 7) is 9.55. The predicted octanol–water partition coefficient (Wildman–Crippen LogP) is 1.87. The molecular formula is C11H18O3. The van der Waals surface area contributed by atoms with Crippen LogP contribution in [0.15, 0.2) is 11.6 Å². The van der Waals surface area contributed by atoms with E-state index in [1.165, 1.54) is 0 Å². The number of rotatable bonds is 1. The second kappa shape index (κ2) is 3.05. The average Bonchev–Trinajstić information content (AvgIpc) is 2.58. The van der Waals surface area contributed by atoms with Crippen LogP contribution in [0.25, 0.3) is 0 Å². The minimum absolute atomic E-state index is 0.220. The Morgan fingerprint density at radius 3 is 2.14 bits per heavy atom. The zero-order chi connectivity index (χ0) is 10.4. The molecule has 0 aromatic heterocycles. The first-order valence-electron chi connectivity index (χ1n) is 5.05. The van der Waals surface area contributed by atoms with Crippen molar-refractivity contribution in [1.29, 1.82) is 0 Å². The lowest BCUT2D eigenvalue weighted by atomic mass is 9.90. The lowest BCUT2D eigenvalue weighted by molar-refractivity contribution is -0.0627. The Balaban J connectivity index is 2.13. The number of ether oxygens (including phenoxy) is 3. The molecule has 2 aliphatic rings. The molecule has 80 valence electrons. The molecule has 0 amide bonds. The molecule has 2 rings (SSSR count). The Morgan fingerprint density at radius 1 is 1.14 bits per heavy atom. The van der Waals surface area contributed by atoms with E-state index in [2.05, 4.69) is 27.7 Å². The average molecular weight is 198 g/mol. The van der Waals surface area contributed by atoms with E-state index in [0.29, 0.717) is 13.2 Å². The van der Waals surface area contributed by atoms with E-state index in [0.717, 1.165) is 5.57 Å². The third-order valence-electron chi connectivity index (χ3n) is 3.29. The molecule has 0 spiro atoms. The summed E-state index contributed by atoms with van der Waals surface area (Å²) in [6.07, 6.45) is 1.82. The van der Waals surface area contributed by atoms with Gasteiger partial charge < -0.3 is 14.2 Å². The maximum absolute atomic E-state index is 5.88. The van der Waals surface area contributed by atoms with E-state index in [9.17, 15) is 0 Å². The molecule has 0 atom stereocenters. The molecular weight excluding hydrogens is 180 g/mol. The van der Waals surface area contributed by atoms with E-state index >= 15 is 0 Å². The highest BCUT2D eigenvalue weighted by Gasteiger charge is 2.50. The van der Waals surface area contributed by atoms with Crippen LogP contribution in [-0.4, -0.2) is 30.7 Å². The molecule has 0 N–H and O–H groups in total. The third kappa shape index (κ3) is 1.49. The number of hydrogen-bond acceptors (Lipinski definition) is 3.